The van der Waals surface area contributed by atoms with Crippen LogP contribution in [0.1, 0.15) is 6.92 Å². The van der Waals surface area contributed by atoms with Crippen LogP contribution in [-0.4, -0.2) is 158 Å². The lowest BCUT2D eigenvalue weighted by Crippen LogP contribution is -2.74. The topological polar surface area (TPSA) is 320 Å². The molecule has 14 N–H and O–H groups in total. The molecule has 18 heteroatoms. The van der Waals surface area contributed by atoms with Gasteiger partial charge >= 0.3 is 11.9 Å². The van der Waals surface area contributed by atoms with Crippen molar-refractivity contribution in [1.29, 1.82) is 0 Å². The van der Waals surface area contributed by atoms with Gasteiger partial charge in [-0.05, 0) is 0 Å². The molecule has 2 aliphatic heterocycles. The molecule has 2 aliphatic rings. The second-order valence-electron chi connectivity index (χ2n) is 8.97. The van der Waals surface area contributed by atoms with Gasteiger partial charge in [-0.3, -0.25) is 4.79 Å². The Hall–Kier alpha value is -1.46. The zero-order valence-corrected chi connectivity index (χ0v) is 20.4. The summed E-state index contributed by atoms with van der Waals surface area (Å²) in [7, 11) is 0. The van der Waals surface area contributed by atoms with Gasteiger partial charge in [0.1, 0.15) is 67.3 Å². The predicted octanol–water partition coefficient (Wildman–Crippen LogP) is -7.94. The third kappa shape index (κ3) is 6.81. The van der Waals surface area contributed by atoms with Crippen LogP contribution in [0.15, 0.2) is 0 Å². The summed E-state index contributed by atoms with van der Waals surface area (Å²) in [6.45, 7) is -1.83. The van der Waals surface area contributed by atoms with Gasteiger partial charge in [-0.15, -0.1) is 0 Å². The Labute approximate surface area is 216 Å². The number of carbonyl (C=O) groups is 2. The Morgan fingerprint density at radius 3 is 2.16 bits per heavy atom. The number of aliphatic hydroxyl groups is 8. The third-order valence-corrected chi connectivity index (χ3v) is 6.24. The quantitative estimate of drug-likeness (QED) is 0.0600. The molecule has 222 valence electrons. The Balaban J connectivity index is 2.41. The molecule has 2 heterocycles. The van der Waals surface area contributed by atoms with E-state index in [1.54, 1.807) is 0 Å². The SMILES string of the molecule is CC(=O)O[C@]1(O[C@@H]([C@H](O)[C@@H](N)C=O)[C@H](O)CO)O[C@H](CO)[C@@H](O[C@@H]2O[C@H](CO)[C@@H](O)[C@H](O)[C@H]2N)[C@H](O)[C@H]1N. The van der Waals surface area contributed by atoms with Crippen LogP contribution >= 0.6 is 0 Å². The molecule has 14 atom stereocenters. The van der Waals surface area contributed by atoms with Gasteiger partial charge < -0.3 is 86.5 Å². The zero-order chi connectivity index (χ0) is 28.9. The molecule has 0 spiro atoms. The highest BCUT2D eigenvalue weighted by molar-refractivity contribution is 5.66. The highest BCUT2D eigenvalue weighted by Gasteiger charge is 2.60. The first kappa shape index (κ1) is 32.8. The Bertz CT molecular complexity index is 778. The van der Waals surface area contributed by atoms with E-state index < -0.39 is 111 Å². The Morgan fingerprint density at radius 2 is 1.66 bits per heavy atom. The van der Waals surface area contributed by atoms with Gasteiger partial charge in [-0.25, -0.2) is 0 Å². The monoisotopic (exact) mass is 559 g/mol. The van der Waals surface area contributed by atoms with Crippen molar-refractivity contribution in [3.63, 3.8) is 0 Å². The second kappa shape index (κ2) is 13.7. The van der Waals surface area contributed by atoms with Crippen LogP contribution in [0.3, 0.4) is 0 Å². The fraction of sp³-hybridized carbons (Fsp3) is 0.900. The van der Waals surface area contributed by atoms with Crippen LogP contribution in [-0.2, 0) is 33.3 Å². The average Bonchev–Trinajstić information content (AvgIpc) is 2.90. The van der Waals surface area contributed by atoms with E-state index in [4.69, 9.17) is 40.9 Å². The van der Waals surface area contributed by atoms with Gasteiger partial charge in [-0.1, -0.05) is 0 Å². The summed E-state index contributed by atoms with van der Waals surface area (Å²) in [4.78, 5) is 23.0. The second-order valence-corrected chi connectivity index (χ2v) is 8.97. The number of rotatable bonds is 12. The summed E-state index contributed by atoms with van der Waals surface area (Å²) in [5.41, 5.74) is 17.4. The van der Waals surface area contributed by atoms with Gasteiger partial charge in [0, 0.05) is 6.92 Å². The number of aliphatic hydroxyl groups excluding tert-OH is 8. The van der Waals surface area contributed by atoms with Gasteiger partial charge in [0.2, 0.25) is 0 Å². The van der Waals surface area contributed by atoms with Crippen molar-refractivity contribution in [3.05, 3.63) is 0 Å². The van der Waals surface area contributed by atoms with Crippen LogP contribution < -0.4 is 17.2 Å². The zero-order valence-electron chi connectivity index (χ0n) is 20.4. The number of aldehydes is 1. The van der Waals surface area contributed by atoms with Crippen LogP contribution in [0, 0.1) is 0 Å². The van der Waals surface area contributed by atoms with E-state index in [1.807, 2.05) is 0 Å². The molecule has 0 saturated carbocycles. The molecule has 2 saturated heterocycles. The normalized spacial score (nSPS) is 41.1. The average molecular weight is 560 g/mol. The number of esters is 1. The van der Waals surface area contributed by atoms with E-state index in [2.05, 4.69) is 0 Å². The maximum atomic E-state index is 11.9. The lowest BCUT2D eigenvalue weighted by atomic mass is 9.94. The minimum Gasteiger partial charge on any atom is -0.406 e. The van der Waals surface area contributed by atoms with Crippen molar-refractivity contribution in [3.8, 4) is 0 Å². The molecule has 0 aliphatic carbocycles. The Kier molecular flexibility index (Phi) is 11.8. The third-order valence-electron chi connectivity index (χ3n) is 6.24. The molecular weight excluding hydrogens is 522 g/mol. The number of nitrogens with two attached hydrogens (primary N) is 3. The first-order valence-electron chi connectivity index (χ1n) is 11.6. The molecule has 0 bridgehead atoms. The van der Waals surface area contributed by atoms with Crippen LogP contribution in [0.5, 0.6) is 0 Å². The summed E-state index contributed by atoms with van der Waals surface area (Å²) in [5.74, 6) is -3.95. The molecule has 2 fully saturated rings. The summed E-state index contributed by atoms with van der Waals surface area (Å²) in [6, 6.07) is -4.98. The molecule has 38 heavy (non-hydrogen) atoms. The molecule has 0 amide bonds. The van der Waals surface area contributed by atoms with Crippen molar-refractivity contribution in [2.24, 2.45) is 17.2 Å². The summed E-state index contributed by atoms with van der Waals surface area (Å²) in [5, 5.41) is 80.6. The van der Waals surface area contributed by atoms with E-state index in [1.165, 1.54) is 0 Å². The van der Waals surface area contributed by atoms with Crippen LogP contribution in [0.4, 0.5) is 0 Å². The smallest absolute Gasteiger partial charge is 0.348 e. The van der Waals surface area contributed by atoms with Crippen molar-refractivity contribution in [2.75, 3.05) is 19.8 Å². The van der Waals surface area contributed by atoms with Crippen LogP contribution in [0.2, 0.25) is 0 Å². The van der Waals surface area contributed by atoms with E-state index in [9.17, 15) is 50.4 Å². The van der Waals surface area contributed by atoms with Gasteiger partial charge in [-0.2, -0.15) is 0 Å². The van der Waals surface area contributed by atoms with Crippen molar-refractivity contribution in [2.45, 2.75) is 92.2 Å². The molecule has 0 aromatic rings. The molecule has 18 nitrogen and oxygen atoms in total. The predicted molar refractivity (Wildman–Crippen MR) is 119 cm³/mol. The molecule has 0 aromatic carbocycles. The van der Waals surface area contributed by atoms with E-state index in [-0.39, 0.29) is 6.29 Å². The number of hydrogen-bond acceptors (Lipinski definition) is 18. The fourth-order valence-corrected chi connectivity index (χ4v) is 4.07. The number of hydrogen-bond donors (Lipinski definition) is 11. The first-order valence-corrected chi connectivity index (χ1v) is 11.6. The first-order chi connectivity index (χ1) is 17.8. The number of carbonyl (C=O) groups excluding carboxylic acids is 2. The highest BCUT2D eigenvalue weighted by atomic mass is 16.9. The minimum absolute atomic E-state index is 0.110. The van der Waals surface area contributed by atoms with Gasteiger partial charge in [0.25, 0.3) is 0 Å². The molecule has 0 unspecified atom stereocenters. The maximum absolute atomic E-state index is 11.9. The van der Waals surface area contributed by atoms with Crippen molar-refractivity contribution in [1.82, 2.24) is 0 Å². The standard InChI is InChI=1S/C20H37N3O15/c1-6(28)36-20(38-16(8(29)3-25)12(30)7(21)2-24)18(23)15(33)17(10(5-27)37-20)35-19-11(22)14(32)13(31)9(4-26)34-19/h2,7-19,25-27,29-33H,3-5,21-23H2,1H3/t7-,8+,9+,10+,11+,12+,13+,14+,15-,16+,17+,18+,19-,20-/m0/s1. The summed E-state index contributed by atoms with van der Waals surface area (Å²) in [6.07, 6.45) is -17.1. The van der Waals surface area contributed by atoms with E-state index >= 15 is 0 Å². The van der Waals surface area contributed by atoms with Crippen molar-refractivity contribution < 1.29 is 74.1 Å². The maximum Gasteiger partial charge on any atom is 0.348 e. The number of ether oxygens (including phenoxy) is 5. The highest BCUT2D eigenvalue weighted by Crippen LogP contribution is 2.36. The van der Waals surface area contributed by atoms with E-state index in [0.717, 1.165) is 6.92 Å². The lowest BCUT2D eigenvalue weighted by molar-refractivity contribution is -0.447. The van der Waals surface area contributed by atoms with Crippen LogP contribution in [0.25, 0.3) is 0 Å². The molecule has 2 rings (SSSR count). The van der Waals surface area contributed by atoms with Gasteiger partial charge in [0.05, 0.1) is 31.9 Å². The molecular formula is C20H37N3O15. The summed E-state index contributed by atoms with van der Waals surface area (Å²) < 4.78 is 27.1. The summed E-state index contributed by atoms with van der Waals surface area (Å²) >= 11 is 0. The minimum atomic E-state index is -2.85. The fourth-order valence-electron chi connectivity index (χ4n) is 4.07. The van der Waals surface area contributed by atoms with Gasteiger partial charge in [0.15, 0.2) is 6.29 Å². The molecule has 0 radical (unpaired) electrons. The van der Waals surface area contributed by atoms with E-state index in [0.29, 0.717) is 0 Å². The Morgan fingerprint density at radius 1 is 1.05 bits per heavy atom. The molecule has 0 aromatic heterocycles. The lowest BCUT2D eigenvalue weighted by Gasteiger charge is -2.51. The van der Waals surface area contributed by atoms with Crippen molar-refractivity contribution >= 4 is 12.3 Å². The largest absolute Gasteiger partial charge is 0.406 e.